The van der Waals surface area contributed by atoms with Gasteiger partial charge in [0, 0.05) is 18.2 Å². The predicted octanol–water partition coefficient (Wildman–Crippen LogP) is 2.84. The minimum atomic E-state index is -4.02. The van der Waals surface area contributed by atoms with Gasteiger partial charge < -0.3 is 10.6 Å². The number of rotatable bonds is 6. The summed E-state index contributed by atoms with van der Waals surface area (Å²) in [5.74, 6) is -1.00. The van der Waals surface area contributed by atoms with Crippen LogP contribution in [0.2, 0.25) is 0 Å². The standard InChI is InChI=1S/C19H22FN3O3S.ClH/c1-13-8-9-15(27(25,26)23-18-7-3-2-6-17(18)20)11-16(13)19(24)22-12-14-5-4-10-21-14;/h2-3,6-9,11,14,21,23H,4-5,10,12H2,1H3,(H,22,24);1H. The van der Waals surface area contributed by atoms with Gasteiger partial charge in [0.05, 0.1) is 10.6 Å². The molecule has 0 spiro atoms. The molecule has 1 unspecified atom stereocenters. The molecule has 0 saturated carbocycles. The highest BCUT2D eigenvalue weighted by atomic mass is 35.5. The van der Waals surface area contributed by atoms with E-state index in [-0.39, 0.29) is 40.5 Å². The molecule has 1 heterocycles. The molecule has 0 bridgehead atoms. The Labute approximate surface area is 170 Å². The summed E-state index contributed by atoms with van der Waals surface area (Å²) in [7, 11) is -4.02. The molecule has 1 atom stereocenters. The van der Waals surface area contributed by atoms with Crippen molar-refractivity contribution in [3.8, 4) is 0 Å². The minimum absolute atomic E-state index is 0. The fourth-order valence-electron chi connectivity index (χ4n) is 3.00. The zero-order chi connectivity index (χ0) is 19.4. The number of carbonyl (C=O) groups is 1. The van der Waals surface area contributed by atoms with Crippen LogP contribution in [0.1, 0.15) is 28.8 Å². The third-order valence-electron chi connectivity index (χ3n) is 4.55. The Balaban J connectivity index is 0.00000280. The van der Waals surface area contributed by atoms with Crippen molar-refractivity contribution in [3.63, 3.8) is 0 Å². The highest BCUT2D eigenvalue weighted by Crippen LogP contribution is 2.21. The third-order valence-corrected chi connectivity index (χ3v) is 5.92. The van der Waals surface area contributed by atoms with Crippen molar-refractivity contribution in [1.29, 1.82) is 0 Å². The number of carbonyl (C=O) groups excluding carboxylic acids is 1. The summed E-state index contributed by atoms with van der Waals surface area (Å²) in [6.45, 7) is 3.17. The normalized spacial score (nSPS) is 16.3. The van der Waals surface area contributed by atoms with Crippen molar-refractivity contribution in [1.82, 2.24) is 10.6 Å². The number of amides is 1. The van der Waals surface area contributed by atoms with Gasteiger partial charge in [0.2, 0.25) is 0 Å². The van der Waals surface area contributed by atoms with Crippen LogP contribution in [0.15, 0.2) is 47.4 Å². The Morgan fingerprint density at radius 1 is 1.25 bits per heavy atom. The van der Waals surface area contributed by atoms with Crippen molar-refractivity contribution >= 4 is 34.0 Å². The van der Waals surface area contributed by atoms with Crippen LogP contribution in [0.3, 0.4) is 0 Å². The second-order valence-corrected chi connectivity index (χ2v) is 8.25. The van der Waals surface area contributed by atoms with Crippen LogP contribution in [0.5, 0.6) is 0 Å². The number of aryl methyl sites for hydroxylation is 1. The fraction of sp³-hybridized carbons (Fsp3) is 0.316. The van der Waals surface area contributed by atoms with Gasteiger partial charge in [-0.1, -0.05) is 18.2 Å². The molecule has 0 aliphatic carbocycles. The van der Waals surface area contributed by atoms with Gasteiger partial charge in [0.25, 0.3) is 15.9 Å². The van der Waals surface area contributed by atoms with Crippen molar-refractivity contribution in [2.24, 2.45) is 0 Å². The van der Waals surface area contributed by atoms with E-state index in [9.17, 15) is 17.6 Å². The first-order chi connectivity index (χ1) is 12.9. The molecule has 1 saturated heterocycles. The zero-order valence-corrected chi connectivity index (χ0v) is 17.0. The quantitative estimate of drug-likeness (QED) is 0.661. The summed E-state index contributed by atoms with van der Waals surface area (Å²) in [6, 6.07) is 10.0. The van der Waals surface area contributed by atoms with Gasteiger partial charge in [-0.2, -0.15) is 0 Å². The maximum atomic E-state index is 13.8. The number of para-hydroxylation sites is 1. The van der Waals surface area contributed by atoms with Crippen LogP contribution in [-0.2, 0) is 10.0 Å². The van der Waals surface area contributed by atoms with E-state index in [0.29, 0.717) is 12.1 Å². The summed E-state index contributed by atoms with van der Waals surface area (Å²) in [4.78, 5) is 12.4. The van der Waals surface area contributed by atoms with Gasteiger partial charge in [-0.3, -0.25) is 9.52 Å². The number of nitrogens with one attached hydrogen (secondary N) is 3. The number of benzene rings is 2. The maximum absolute atomic E-state index is 13.8. The molecular formula is C19H23ClFN3O3S. The van der Waals surface area contributed by atoms with Crippen molar-refractivity contribution < 1.29 is 17.6 Å². The summed E-state index contributed by atoms with van der Waals surface area (Å²) in [6.07, 6.45) is 2.08. The van der Waals surface area contributed by atoms with Crippen LogP contribution in [0.4, 0.5) is 10.1 Å². The van der Waals surface area contributed by atoms with Crippen LogP contribution in [-0.4, -0.2) is 33.5 Å². The molecule has 9 heteroatoms. The lowest BCUT2D eigenvalue weighted by Gasteiger charge is -2.14. The molecule has 2 aromatic rings. The van der Waals surface area contributed by atoms with E-state index in [2.05, 4.69) is 15.4 Å². The van der Waals surface area contributed by atoms with Gasteiger partial charge in [-0.25, -0.2) is 12.8 Å². The van der Waals surface area contributed by atoms with Gasteiger partial charge in [0.1, 0.15) is 5.82 Å². The first-order valence-electron chi connectivity index (χ1n) is 8.76. The number of anilines is 1. The second-order valence-electron chi connectivity index (χ2n) is 6.57. The lowest BCUT2D eigenvalue weighted by Crippen LogP contribution is -2.37. The van der Waals surface area contributed by atoms with Crippen LogP contribution >= 0.6 is 12.4 Å². The average Bonchev–Trinajstić information content (AvgIpc) is 3.15. The van der Waals surface area contributed by atoms with E-state index >= 15 is 0 Å². The van der Waals surface area contributed by atoms with Gasteiger partial charge in [-0.15, -0.1) is 12.4 Å². The van der Waals surface area contributed by atoms with Crippen LogP contribution in [0.25, 0.3) is 0 Å². The molecule has 1 fully saturated rings. The molecule has 28 heavy (non-hydrogen) atoms. The highest BCUT2D eigenvalue weighted by molar-refractivity contribution is 7.92. The predicted molar refractivity (Wildman–Crippen MR) is 109 cm³/mol. The topological polar surface area (TPSA) is 87.3 Å². The average molecular weight is 428 g/mol. The lowest BCUT2D eigenvalue weighted by molar-refractivity contribution is 0.0949. The Morgan fingerprint density at radius 3 is 2.68 bits per heavy atom. The zero-order valence-electron chi connectivity index (χ0n) is 15.4. The smallest absolute Gasteiger partial charge is 0.262 e. The first-order valence-corrected chi connectivity index (χ1v) is 10.2. The second kappa shape index (κ2) is 9.36. The summed E-state index contributed by atoms with van der Waals surface area (Å²) < 4.78 is 41.2. The molecule has 0 radical (unpaired) electrons. The first kappa shape index (κ1) is 22.1. The largest absolute Gasteiger partial charge is 0.350 e. The van der Waals surface area contributed by atoms with E-state index in [0.717, 1.165) is 19.4 Å². The van der Waals surface area contributed by atoms with E-state index in [1.807, 2.05) is 0 Å². The molecule has 152 valence electrons. The molecule has 1 aliphatic heterocycles. The number of halogens is 2. The molecule has 1 aliphatic rings. The molecular weight excluding hydrogens is 405 g/mol. The van der Waals surface area contributed by atoms with E-state index < -0.39 is 15.8 Å². The highest BCUT2D eigenvalue weighted by Gasteiger charge is 2.20. The number of sulfonamides is 1. The van der Waals surface area contributed by atoms with Crippen molar-refractivity contribution in [3.05, 3.63) is 59.4 Å². The molecule has 0 aromatic heterocycles. The molecule has 3 rings (SSSR count). The Bertz CT molecular complexity index is 947. The van der Waals surface area contributed by atoms with Gasteiger partial charge >= 0.3 is 0 Å². The van der Waals surface area contributed by atoms with Gasteiger partial charge in [-0.05, 0) is 56.1 Å². The lowest BCUT2D eigenvalue weighted by atomic mass is 10.1. The molecule has 1 amide bonds. The fourth-order valence-corrected chi connectivity index (χ4v) is 4.10. The van der Waals surface area contributed by atoms with E-state index in [1.54, 1.807) is 13.0 Å². The third kappa shape index (κ3) is 5.21. The van der Waals surface area contributed by atoms with Crippen molar-refractivity contribution in [2.75, 3.05) is 17.8 Å². The van der Waals surface area contributed by atoms with E-state index in [1.165, 1.54) is 36.4 Å². The molecule has 3 N–H and O–H groups in total. The summed E-state index contributed by atoms with van der Waals surface area (Å²) in [5, 5.41) is 6.13. The minimum Gasteiger partial charge on any atom is -0.350 e. The Hall–Kier alpha value is -2.16. The van der Waals surface area contributed by atoms with Gasteiger partial charge in [0.15, 0.2) is 0 Å². The van der Waals surface area contributed by atoms with E-state index in [4.69, 9.17) is 0 Å². The summed E-state index contributed by atoms with van der Waals surface area (Å²) in [5.41, 5.74) is 0.803. The maximum Gasteiger partial charge on any atom is 0.262 e. The molecule has 2 aromatic carbocycles. The Kier molecular flexibility index (Phi) is 7.40. The number of hydrogen-bond acceptors (Lipinski definition) is 4. The summed E-state index contributed by atoms with van der Waals surface area (Å²) >= 11 is 0. The SMILES string of the molecule is Cc1ccc(S(=O)(=O)Nc2ccccc2F)cc1C(=O)NCC1CCCN1.Cl. The Morgan fingerprint density at radius 2 is 2.00 bits per heavy atom. The number of hydrogen-bond donors (Lipinski definition) is 3. The van der Waals surface area contributed by atoms with Crippen molar-refractivity contribution in [2.45, 2.75) is 30.7 Å². The monoisotopic (exact) mass is 427 g/mol. The van der Waals surface area contributed by atoms with Crippen LogP contribution in [0, 0.1) is 12.7 Å². The van der Waals surface area contributed by atoms with Crippen LogP contribution < -0.4 is 15.4 Å². The molecule has 6 nitrogen and oxygen atoms in total.